The summed E-state index contributed by atoms with van der Waals surface area (Å²) in [5.74, 6) is 2.02. The van der Waals surface area contributed by atoms with E-state index in [9.17, 15) is 4.79 Å². The van der Waals surface area contributed by atoms with Gasteiger partial charge in [0.15, 0.2) is 5.82 Å². The first-order valence-corrected chi connectivity index (χ1v) is 8.31. The number of rotatable bonds is 5. The van der Waals surface area contributed by atoms with Crippen LogP contribution in [0.4, 0.5) is 5.82 Å². The minimum Gasteiger partial charge on any atom is -0.471 e. The van der Waals surface area contributed by atoms with Gasteiger partial charge in [-0.3, -0.25) is 4.79 Å². The van der Waals surface area contributed by atoms with Gasteiger partial charge in [-0.05, 0) is 19.9 Å². The smallest absolute Gasteiger partial charge is 0.233 e. The van der Waals surface area contributed by atoms with Crippen LogP contribution in [-0.4, -0.2) is 59.4 Å². The molecule has 3 rings (SSSR count). The van der Waals surface area contributed by atoms with Gasteiger partial charge in [-0.15, -0.1) is 10.2 Å². The van der Waals surface area contributed by atoms with Gasteiger partial charge in [0.1, 0.15) is 11.9 Å². The van der Waals surface area contributed by atoms with Crippen molar-refractivity contribution in [3.05, 3.63) is 29.2 Å². The lowest BCUT2D eigenvalue weighted by molar-refractivity contribution is -0.129. The van der Waals surface area contributed by atoms with E-state index in [0.717, 1.165) is 23.5 Å². The molecule has 3 heterocycles. The van der Waals surface area contributed by atoms with Crippen molar-refractivity contribution in [2.24, 2.45) is 0 Å². The number of hydrogen-bond acceptors (Lipinski definition) is 7. The maximum Gasteiger partial charge on any atom is 0.233 e. The van der Waals surface area contributed by atoms with Gasteiger partial charge >= 0.3 is 0 Å². The molecule has 1 atom stereocenters. The molecule has 0 aromatic carbocycles. The van der Waals surface area contributed by atoms with Crippen molar-refractivity contribution < 1.29 is 14.1 Å². The Kier molecular flexibility index (Phi) is 4.87. The summed E-state index contributed by atoms with van der Waals surface area (Å²) in [6.45, 7) is 4.91. The van der Waals surface area contributed by atoms with Crippen LogP contribution in [0.1, 0.15) is 23.4 Å². The van der Waals surface area contributed by atoms with E-state index >= 15 is 0 Å². The largest absolute Gasteiger partial charge is 0.471 e. The van der Waals surface area contributed by atoms with Crippen LogP contribution in [0.3, 0.4) is 0 Å². The first-order chi connectivity index (χ1) is 11.9. The van der Waals surface area contributed by atoms with Gasteiger partial charge < -0.3 is 19.1 Å². The van der Waals surface area contributed by atoms with Gasteiger partial charge in [-0.1, -0.05) is 5.16 Å². The van der Waals surface area contributed by atoms with Crippen molar-refractivity contribution in [2.75, 3.05) is 32.1 Å². The Labute approximate surface area is 146 Å². The molecule has 134 valence electrons. The fraction of sp³-hybridized carbons (Fsp3) is 0.529. The normalized spacial score (nSPS) is 17.0. The van der Waals surface area contributed by atoms with E-state index in [-0.39, 0.29) is 12.0 Å². The summed E-state index contributed by atoms with van der Waals surface area (Å²) in [5, 5.41) is 12.1. The Morgan fingerprint density at radius 3 is 2.76 bits per heavy atom. The van der Waals surface area contributed by atoms with Gasteiger partial charge in [0.25, 0.3) is 0 Å². The number of likely N-dealkylation sites (tertiary alicyclic amines) is 1. The van der Waals surface area contributed by atoms with Crippen molar-refractivity contribution in [1.29, 1.82) is 0 Å². The average Bonchev–Trinajstić information content (AvgIpc) is 3.17. The van der Waals surface area contributed by atoms with Crippen LogP contribution in [0.25, 0.3) is 0 Å². The molecule has 2 aromatic heterocycles. The highest BCUT2D eigenvalue weighted by molar-refractivity contribution is 5.79. The monoisotopic (exact) mass is 345 g/mol. The highest BCUT2D eigenvalue weighted by Crippen LogP contribution is 2.20. The zero-order valence-corrected chi connectivity index (χ0v) is 15.0. The van der Waals surface area contributed by atoms with E-state index < -0.39 is 0 Å². The maximum atomic E-state index is 12.5. The summed E-state index contributed by atoms with van der Waals surface area (Å²) in [6, 6.07) is 3.66. The summed E-state index contributed by atoms with van der Waals surface area (Å²) in [4.78, 5) is 16.2. The fourth-order valence-corrected chi connectivity index (χ4v) is 2.85. The Morgan fingerprint density at radius 1 is 1.36 bits per heavy atom. The molecule has 1 aliphatic heterocycles. The number of carbonyl (C=O) groups excluding carboxylic acids is 1. The molecule has 0 N–H and O–H groups in total. The predicted molar refractivity (Wildman–Crippen MR) is 91.7 cm³/mol. The molecule has 8 nitrogen and oxygen atoms in total. The second-order valence-electron chi connectivity index (χ2n) is 6.47. The summed E-state index contributed by atoms with van der Waals surface area (Å²) in [6.07, 6.45) is 1.03. The van der Waals surface area contributed by atoms with Gasteiger partial charge in [0, 0.05) is 38.7 Å². The second-order valence-corrected chi connectivity index (χ2v) is 6.47. The Hall–Kier alpha value is -2.64. The van der Waals surface area contributed by atoms with Gasteiger partial charge in [0.2, 0.25) is 11.8 Å². The Morgan fingerprint density at radius 2 is 2.16 bits per heavy atom. The van der Waals surface area contributed by atoms with Gasteiger partial charge in [0.05, 0.1) is 18.7 Å². The van der Waals surface area contributed by atoms with E-state index in [1.54, 1.807) is 6.07 Å². The summed E-state index contributed by atoms with van der Waals surface area (Å²) < 4.78 is 11.0. The van der Waals surface area contributed by atoms with Crippen LogP contribution < -0.4 is 9.64 Å². The molecular formula is C17H23N5O3. The van der Waals surface area contributed by atoms with E-state index in [1.165, 1.54) is 0 Å². The minimum atomic E-state index is -0.0619. The molecule has 0 saturated carbocycles. The zero-order chi connectivity index (χ0) is 18.0. The molecular weight excluding hydrogens is 322 g/mol. The lowest BCUT2D eigenvalue weighted by Gasteiger charge is -2.17. The number of aromatic nitrogens is 3. The third-order valence-electron chi connectivity index (χ3n) is 4.38. The van der Waals surface area contributed by atoms with Crippen molar-refractivity contribution in [1.82, 2.24) is 20.3 Å². The average molecular weight is 345 g/mol. The third-order valence-corrected chi connectivity index (χ3v) is 4.38. The van der Waals surface area contributed by atoms with Crippen LogP contribution in [0.5, 0.6) is 5.88 Å². The molecule has 0 unspecified atom stereocenters. The number of hydrogen-bond donors (Lipinski definition) is 0. The van der Waals surface area contributed by atoms with Crippen LogP contribution in [0.2, 0.25) is 0 Å². The molecule has 1 amide bonds. The molecule has 8 heteroatoms. The van der Waals surface area contributed by atoms with E-state index in [4.69, 9.17) is 9.26 Å². The molecule has 25 heavy (non-hydrogen) atoms. The fourth-order valence-electron chi connectivity index (χ4n) is 2.85. The van der Waals surface area contributed by atoms with Crippen LogP contribution in [-0.2, 0) is 11.2 Å². The topological polar surface area (TPSA) is 84.6 Å². The third kappa shape index (κ3) is 3.89. The minimum absolute atomic E-state index is 0.0619. The highest BCUT2D eigenvalue weighted by Gasteiger charge is 2.29. The Balaban J connectivity index is 1.55. The molecule has 0 spiro atoms. The van der Waals surface area contributed by atoms with Gasteiger partial charge in [-0.25, -0.2) is 0 Å². The molecule has 2 aromatic rings. The van der Waals surface area contributed by atoms with Gasteiger partial charge in [-0.2, -0.15) is 0 Å². The lowest BCUT2D eigenvalue weighted by atomic mass is 10.1. The van der Waals surface area contributed by atoms with Crippen molar-refractivity contribution in [3.63, 3.8) is 0 Å². The van der Waals surface area contributed by atoms with E-state index in [0.29, 0.717) is 31.2 Å². The lowest BCUT2D eigenvalue weighted by Crippen LogP contribution is -2.32. The SMILES string of the molecule is Cc1noc(C)c1CC(=O)N1CC[C@@H](Oc2ccc(N(C)C)nn2)C1. The second kappa shape index (κ2) is 7.08. The molecule has 1 fully saturated rings. The molecule has 1 saturated heterocycles. The highest BCUT2D eigenvalue weighted by atomic mass is 16.5. The van der Waals surface area contributed by atoms with E-state index in [1.807, 2.05) is 43.8 Å². The first-order valence-electron chi connectivity index (χ1n) is 8.31. The number of ether oxygens (including phenoxy) is 1. The Bertz CT molecular complexity index is 722. The summed E-state index contributed by atoms with van der Waals surface area (Å²) in [5.41, 5.74) is 1.65. The zero-order valence-electron chi connectivity index (χ0n) is 15.0. The quantitative estimate of drug-likeness (QED) is 0.809. The molecule has 0 radical (unpaired) electrons. The molecule has 0 bridgehead atoms. The number of carbonyl (C=O) groups is 1. The standard InChI is InChI=1S/C17H23N5O3/c1-11-14(12(2)25-20-11)9-17(23)22-8-7-13(10-22)24-16-6-5-15(18-19-16)21(3)4/h5-6,13H,7-10H2,1-4H3/t13-/m1/s1. The molecule has 1 aliphatic rings. The van der Waals surface area contributed by atoms with Crippen molar-refractivity contribution in [3.8, 4) is 5.88 Å². The number of anilines is 1. The number of amides is 1. The summed E-state index contributed by atoms with van der Waals surface area (Å²) in [7, 11) is 3.81. The number of aryl methyl sites for hydroxylation is 2. The van der Waals surface area contributed by atoms with Crippen molar-refractivity contribution in [2.45, 2.75) is 32.8 Å². The van der Waals surface area contributed by atoms with Crippen LogP contribution in [0, 0.1) is 13.8 Å². The van der Waals surface area contributed by atoms with Crippen LogP contribution >= 0.6 is 0 Å². The first kappa shape index (κ1) is 17.2. The summed E-state index contributed by atoms with van der Waals surface area (Å²) >= 11 is 0. The predicted octanol–water partition coefficient (Wildman–Crippen LogP) is 1.37. The van der Waals surface area contributed by atoms with Crippen LogP contribution in [0.15, 0.2) is 16.7 Å². The molecule has 0 aliphatic carbocycles. The maximum absolute atomic E-state index is 12.5. The van der Waals surface area contributed by atoms with Crippen molar-refractivity contribution >= 4 is 11.7 Å². The van der Waals surface area contributed by atoms with E-state index in [2.05, 4.69) is 15.4 Å². The number of nitrogens with zero attached hydrogens (tertiary/aromatic N) is 5.